The number of likely N-dealkylation sites (tertiary alicyclic amines) is 1. The molecule has 1 aliphatic rings. The first-order chi connectivity index (χ1) is 12.6. The number of H-pyrrole nitrogens is 1. The van der Waals surface area contributed by atoms with Gasteiger partial charge in [-0.3, -0.25) is 9.59 Å². The minimum absolute atomic E-state index is 0.00707. The zero-order valence-electron chi connectivity index (χ0n) is 14.5. The molecule has 26 heavy (non-hydrogen) atoms. The molecule has 1 aliphatic heterocycles. The minimum Gasteiger partial charge on any atom is -0.361 e. The predicted octanol–water partition coefficient (Wildman–Crippen LogP) is 3.00. The van der Waals surface area contributed by atoms with Crippen LogP contribution in [0.4, 0.5) is 5.82 Å². The molecule has 1 atom stereocenters. The second kappa shape index (κ2) is 6.63. The van der Waals surface area contributed by atoms with Gasteiger partial charge in [0.2, 0.25) is 11.8 Å². The van der Waals surface area contributed by atoms with E-state index >= 15 is 0 Å². The maximum Gasteiger partial charge on any atom is 0.248 e. The van der Waals surface area contributed by atoms with Crippen LogP contribution in [0.3, 0.4) is 0 Å². The van der Waals surface area contributed by atoms with Crippen LogP contribution in [-0.4, -0.2) is 32.7 Å². The number of nitrogens with zero attached hydrogens (tertiary/aromatic N) is 2. The first-order valence-electron chi connectivity index (χ1n) is 8.71. The van der Waals surface area contributed by atoms with Crippen LogP contribution in [0.25, 0.3) is 10.9 Å². The van der Waals surface area contributed by atoms with Crippen LogP contribution in [0.5, 0.6) is 0 Å². The fraction of sp³-hybridized carbons (Fsp3) is 0.250. The summed E-state index contributed by atoms with van der Waals surface area (Å²) in [5.74, 6) is 0.336. The third-order valence-electron chi connectivity index (χ3n) is 4.79. The van der Waals surface area contributed by atoms with Crippen molar-refractivity contribution in [2.45, 2.75) is 32.4 Å². The van der Waals surface area contributed by atoms with Gasteiger partial charge in [0.25, 0.3) is 0 Å². The van der Waals surface area contributed by atoms with E-state index in [4.69, 9.17) is 0 Å². The number of benzene rings is 1. The maximum atomic E-state index is 12.7. The van der Waals surface area contributed by atoms with Crippen LogP contribution in [0.1, 0.15) is 24.1 Å². The van der Waals surface area contributed by atoms with Gasteiger partial charge in [-0.25, -0.2) is 4.98 Å². The number of amides is 2. The van der Waals surface area contributed by atoms with Crippen molar-refractivity contribution >= 4 is 28.5 Å². The lowest BCUT2D eigenvalue weighted by Gasteiger charge is -2.23. The first kappa shape index (κ1) is 16.3. The van der Waals surface area contributed by atoms with Crippen molar-refractivity contribution < 1.29 is 9.59 Å². The molecule has 132 valence electrons. The Morgan fingerprint density at radius 1 is 1.27 bits per heavy atom. The van der Waals surface area contributed by atoms with Gasteiger partial charge in [0.1, 0.15) is 11.9 Å². The zero-order valence-corrected chi connectivity index (χ0v) is 14.5. The lowest BCUT2D eigenvalue weighted by Crippen LogP contribution is -2.41. The van der Waals surface area contributed by atoms with E-state index in [2.05, 4.69) is 15.3 Å². The summed E-state index contributed by atoms with van der Waals surface area (Å²) in [7, 11) is 0. The van der Waals surface area contributed by atoms with E-state index in [1.807, 2.05) is 49.5 Å². The Hall–Kier alpha value is -3.15. The number of hydrogen-bond acceptors (Lipinski definition) is 3. The molecule has 4 rings (SSSR count). The Balaban J connectivity index is 1.54. The number of aryl methyl sites for hydroxylation is 1. The van der Waals surface area contributed by atoms with E-state index in [9.17, 15) is 9.59 Å². The van der Waals surface area contributed by atoms with Gasteiger partial charge in [0, 0.05) is 35.8 Å². The van der Waals surface area contributed by atoms with E-state index in [0.717, 1.165) is 22.2 Å². The first-order valence-corrected chi connectivity index (χ1v) is 8.71. The van der Waals surface area contributed by atoms with Crippen LogP contribution in [0, 0.1) is 6.92 Å². The van der Waals surface area contributed by atoms with Crippen molar-refractivity contribution in [1.29, 1.82) is 0 Å². The molecular weight excluding hydrogens is 328 g/mol. The van der Waals surface area contributed by atoms with E-state index in [-0.39, 0.29) is 11.8 Å². The van der Waals surface area contributed by atoms with Crippen LogP contribution >= 0.6 is 0 Å². The molecular formula is C20H20N4O2. The average molecular weight is 348 g/mol. The van der Waals surface area contributed by atoms with Crippen molar-refractivity contribution in [3.63, 3.8) is 0 Å². The molecule has 6 nitrogen and oxygen atoms in total. The number of carbonyl (C=O) groups excluding carboxylic acids is 2. The van der Waals surface area contributed by atoms with Crippen molar-refractivity contribution in [2.75, 3.05) is 5.32 Å². The number of fused-ring (bicyclic) bond motifs is 1. The summed E-state index contributed by atoms with van der Waals surface area (Å²) in [6.07, 6.45) is 2.83. The monoisotopic (exact) mass is 348 g/mol. The highest BCUT2D eigenvalue weighted by Crippen LogP contribution is 2.26. The highest BCUT2D eigenvalue weighted by molar-refractivity contribution is 5.98. The summed E-state index contributed by atoms with van der Waals surface area (Å²) < 4.78 is 0. The van der Waals surface area contributed by atoms with Crippen molar-refractivity contribution in [3.05, 3.63) is 59.9 Å². The van der Waals surface area contributed by atoms with E-state index < -0.39 is 6.04 Å². The number of aromatic amines is 1. The number of para-hydroxylation sites is 1. The molecule has 6 heteroatoms. The van der Waals surface area contributed by atoms with Gasteiger partial charge in [-0.05, 0) is 37.1 Å². The third-order valence-corrected chi connectivity index (χ3v) is 4.79. The second-order valence-corrected chi connectivity index (χ2v) is 6.59. The molecule has 2 aromatic heterocycles. The fourth-order valence-electron chi connectivity index (χ4n) is 3.47. The van der Waals surface area contributed by atoms with Crippen LogP contribution < -0.4 is 5.32 Å². The van der Waals surface area contributed by atoms with E-state index in [0.29, 0.717) is 25.2 Å². The summed E-state index contributed by atoms with van der Waals surface area (Å²) in [4.78, 5) is 34.3. The maximum absolute atomic E-state index is 12.7. The molecule has 0 spiro atoms. The van der Waals surface area contributed by atoms with Gasteiger partial charge in [-0.15, -0.1) is 0 Å². The van der Waals surface area contributed by atoms with Crippen LogP contribution in [-0.2, 0) is 16.1 Å². The number of carbonyl (C=O) groups is 2. The normalized spacial score (nSPS) is 17.0. The predicted molar refractivity (Wildman–Crippen MR) is 99.5 cm³/mol. The number of nitrogens with one attached hydrogen (secondary N) is 2. The molecule has 1 aromatic carbocycles. The topological polar surface area (TPSA) is 78.1 Å². The van der Waals surface area contributed by atoms with Crippen LogP contribution in [0.15, 0.2) is 48.7 Å². The Kier molecular flexibility index (Phi) is 4.16. The smallest absolute Gasteiger partial charge is 0.248 e. The molecule has 0 unspecified atom stereocenters. The van der Waals surface area contributed by atoms with Gasteiger partial charge in [0.05, 0.1) is 0 Å². The number of rotatable bonds is 4. The lowest BCUT2D eigenvalue weighted by molar-refractivity contribution is -0.133. The van der Waals surface area contributed by atoms with Gasteiger partial charge >= 0.3 is 0 Å². The molecule has 0 aliphatic carbocycles. The quantitative estimate of drug-likeness (QED) is 0.761. The summed E-state index contributed by atoms with van der Waals surface area (Å²) in [6, 6.07) is 13.0. The molecule has 0 radical (unpaired) electrons. The average Bonchev–Trinajstić information content (AvgIpc) is 3.20. The van der Waals surface area contributed by atoms with E-state index in [1.165, 1.54) is 0 Å². The number of hydrogen-bond donors (Lipinski definition) is 2. The Morgan fingerprint density at radius 3 is 2.96 bits per heavy atom. The standard InChI is InChI=1S/C20H20N4O2/c1-13-5-4-8-18(22-13)23-20(26)17-9-10-19(25)24(17)12-14-11-21-16-7-3-2-6-15(14)16/h2-8,11,17,21H,9-10,12H2,1H3,(H,22,23,26)/t17-/m1/s1. The van der Waals surface area contributed by atoms with Gasteiger partial charge < -0.3 is 15.2 Å². The highest BCUT2D eigenvalue weighted by Gasteiger charge is 2.36. The summed E-state index contributed by atoms with van der Waals surface area (Å²) in [6.45, 7) is 2.29. The van der Waals surface area contributed by atoms with Crippen molar-refractivity contribution in [2.24, 2.45) is 0 Å². The summed E-state index contributed by atoms with van der Waals surface area (Å²) in [5, 5.41) is 3.92. The molecule has 0 bridgehead atoms. The van der Waals surface area contributed by atoms with Gasteiger partial charge in [0.15, 0.2) is 0 Å². The Morgan fingerprint density at radius 2 is 2.12 bits per heavy atom. The SMILES string of the molecule is Cc1cccc(NC(=O)[C@H]2CCC(=O)N2Cc2c[nH]c3ccccc23)n1. The van der Waals surface area contributed by atoms with Gasteiger partial charge in [-0.1, -0.05) is 24.3 Å². The van der Waals surface area contributed by atoms with Gasteiger partial charge in [-0.2, -0.15) is 0 Å². The molecule has 3 heterocycles. The van der Waals surface area contributed by atoms with E-state index in [1.54, 1.807) is 11.0 Å². The van der Waals surface area contributed by atoms with Crippen molar-refractivity contribution in [1.82, 2.24) is 14.9 Å². The second-order valence-electron chi connectivity index (χ2n) is 6.59. The third kappa shape index (κ3) is 3.06. The lowest BCUT2D eigenvalue weighted by atomic mass is 10.1. The molecule has 2 amide bonds. The summed E-state index contributed by atoms with van der Waals surface area (Å²) in [5.41, 5.74) is 2.88. The fourth-order valence-corrected chi connectivity index (χ4v) is 3.47. The Labute approximate surface area is 151 Å². The summed E-state index contributed by atoms with van der Waals surface area (Å²) >= 11 is 0. The van der Waals surface area contributed by atoms with Crippen LogP contribution in [0.2, 0.25) is 0 Å². The molecule has 1 fully saturated rings. The number of pyridine rings is 1. The number of anilines is 1. The number of aromatic nitrogens is 2. The van der Waals surface area contributed by atoms with Crippen molar-refractivity contribution in [3.8, 4) is 0 Å². The molecule has 1 saturated heterocycles. The largest absolute Gasteiger partial charge is 0.361 e. The molecule has 3 aromatic rings. The minimum atomic E-state index is -0.474. The Bertz CT molecular complexity index is 979. The highest BCUT2D eigenvalue weighted by atomic mass is 16.2. The molecule has 0 saturated carbocycles. The zero-order chi connectivity index (χ0) is 18.1. The molecule has 2 N–H and O–H groups in total.